The first kappa shape index (κ1) is 23.0. The van der Waals surface area contributed by atoms with Crippen LogP contribution in [0.4, 0.5) is 5.13 Å². The number of methoxy groups -OCH3 is 1. The molecule has 1 amide bonds. The van der Waals surface area contributed by atoms with Gasteiger partial charge in [-0.15, -0.1) is 11.3 Å². The van der Waals surface area contributed by atoms with Crippen molar-refractivity contribution < 1.29 is 23.8 Å². The Kier molecular flexibility index (Phi) is 7.52. The highest BCUT2D eigenvalue weighted by atomic mass is 32.1. The number of carbonyl (C=O) groups excluding carboxylic acids is 2. The van der Waals surface area contributed by atoms with Gasteiger partial charge < -0.3 is 14.2 Å². The number of carbonyl (C=O) groups is 2. The van der Waals surface area contributed by atoms with Gasteiger partial charge in [-0.05, 0) is 47.5 Å². The van der Waals surface area contributed by atoms with Crippen LogP contribution in [0.1, 0.15) is 0 Å². The van der Waals surface area contributed by atoms with Gasteiger partial charge in [0.05, 0.1) is 12.8 Å². The van der Waals surface area contributed by atoms with Crippen LogP contribution in [0.2, 0.25) is 0 Å². The number of hydrogen-bond donors (Lipinski definition) is 1. The van der Waals surface area contributed by atoms with Crippen molar-refractivity contribution in [3.8, 4) is 33.9 Å². The first-order valence-corrected chi connectivity index (χ1v) is 11.3. The Morgan fingerprint density at radius 2 is 1.47 bits per heavy atom. The topological polar surface area (TPSA) is 86.8 Å². The highest BCUT2D eigenvalue weighted by Crippen LogP contribution is 2.26. The molecule has 0 unspecified atom stereocenters. The molecule has 3 aromatic carbocycles. The number of nitrogens with one attached hydrogen (secondary N) is 1. The number of ether oxygens (including phenoxy) is 3. The van der Waals surface area contributed by atoms with E-state index in [-0.39, 0.29) is 6.61 Å². The van der Waals surface area contributed by atoms with Gasteiger partial charge in [-0.3, -0.25) is 10.1 Å². The first-order chi connectivity index (χ1) is 16.6. The van der Waals surface area contributed by atoms with E-state index < -0.39 is 18.5 Å². The number of hydrogen-bond acceptors (Lipinski definition) is 7. The van der Waals surface area contributed by atoms with E-state index >= 15 is 0 Å². The second-order valence-electron chi connectivity index (χ2n) is 7.15. The average molecular weight is 475 g/mol. The second-order valence-corrected chi connectivity index (χ2v) is 8.01. The van der Waals surface area contributed by atoms with E-state index in [1.54, 1.807) is 19.2 Å². The van der Waals surface area contributed by atoms with Gasteiger partial charge in [-0.1, -0.05) is 42.5 Å². The minimum atomic E-state index is -0.639. The maximum Gasteiger partial charge on any atom is 0.344 e. The zero-order valence-corrected chi connectivity index (χ0v) is 19.2. The Hall–Kier alpha value is -4.17. The lowest BCUT2D eigenvalue weighted by Crippen LogP contribution is -2.23. The van der Waals surface area contributed by atoms with Crippen molar-refractivity contribution >= 4 is 28.3 Å². The maximum atomic E-state index is 12.1. The van der Waals surface area contributed by atoms with Crippen LogP contribution in [0.25, 0.3) is 22.4 Å². The van der Waals surface area contributed by atoms with Crippen molar-refractivity contribution in [2.75, 3.05) is 25.6 Å². The molecule has 1 heterocycles. The molecule has 0 atom stereocenters. The Labute approximate surface area is 201 Å². The minimum Gasteiger partial charge on any atom is -0.497 e. The van der Waals surface area contributed by atoms with Crippen LogP contribution in [0.15, 0.2) is 84.2 Å². The highest BCUT2D eigenvalue weighted by Gasteiger charge is 2.12. The van der Waals surface area contributed by atoms with E-state index in [0.29, 0.717) is 10.9 Å². The summed E-state index contributed by atoms with van der Waals surface area (Å²) in [4.78, 5) is 28.5. The molecule has 172 valence electrons. The van der Waals surface area contributed by atoms with Crippen molar-refractivity contribution in [1.29, 1.82) is 0 Å². The third-order valence-corrected chi connectivity index (χ3v) is 5.58. The fourth-order valence-electron chi connectivity index (χ4n) is 3.09. The second kappa shape index (κ2) is 11.1. The summed E-state index contributed by atoms with van der Waals surface area (Å²) in [5.41, 5.74) is 3.77. The molecule has 0 aliphatic rings. The van der Waals surface area contributed by atoms with E-state index in [1.165, 1.54) is 11.3 Å². The van der Waals surface area contributed by atoms with E-state index in [1.807, 2.05) is 72.1 Å². The van der Waals surface area contributed by atoms with Gasteiger partial charge in [-0.2, -0.15) is 0 Å². The quantitative estimate of drug-likeness (QED) is 0.342. The van der Waals surface area contributed by atoms with Crippen LogP contribution >= 0.6 is 11.3 Å². The minimum absolute atomic E-state index is 0.295. The monoisotopic (exact) mass is 474 g/mol. The normalized spacial score (nSPS) is 10.4. The van der Waals surface area contributed by atoms with Gasteiger partial charge in [-0.25, -0.2) is 9.78 Å². The molecule has 34 heavy (non-hydrogen) atoms. The third kappa shape index (κ3) is 6.20. The van der Waals surface area contributed by atoms with E-state index in [4.69, 9.17) is 14.2 Å². The summed E-state index contributed by atoms with van der Waals surface area (Å²) < 4.78 is 15.6. The van der Waals surface area contributed by atoms with Crippen LogP contribution in [-0.4, -0.2) is 37.2 Å². The Bertz CT molecular complexity index is 1240. The molecule has 0 radical (unpaired) electrons. The molecule has 1 N–H and O–H groups in total. The fraction of sp³-hybridized carbons (Fsp3) is 0.115. The molecule has 4 aromatic rings. The molecule has 0 aliphatic carbocycles. The van der Waals surface area contributed by atoms with Crippen molar-refractivity contribution in [3.05, 3.63) is 84.2 Å². The lowest BCUT2D eigenvalue weighted by molar-refractivity contribution is -0.149. The number of amides is 1. The summed E-state index contributed by atoms with van der Waals surface area (Å²) in [6.07, 6.45) is 0. The molecule has 0 fully saturated rings. The summed E-state index contributed by atoms with van der Waals surface area (Å²) in [5.74, 6) is 0.175. The van der Waals surface area contributed by atoms with Gasteiger partial charge in [0.25, 0.3) is 5.91 Å². The molecule has 4 rings (SSSR count). The zero-order valence-electron chi connectivity index (χ0n) is 18.4. The fourth-order valence-corrected chi connectivity index (χ4v) is 3.82. The van der Waals surface area contributed by atoms with Gasteiger partial charge in [0.2, 0.25) is 0 Å². The molecule has 0 bridgehead atoms. The summed E-state index contributed by atoms with van der Waals surface area (Å²) in [7, 11) is 1.60. The number of benzene rings is 3. The van der Waals surface area contributed by atoms with E-state index in [9.17, 15) is 9.59 Å². The van der Waals surface area contributed by atoms with Gasteiger partial charge in [0.15, 0.2) is 18.3 Å². The van der Waals surface area contributed by atoms with Crippen LogP contribution in [0.5, 0.6) is 11.5 Å². The maximum absolute atomic E-state index is 12.1. The van der Waals surface area contributed by atoms with Crippen molar-refractivity contribution in [2.24, 2.45) is 0 Å². The lowest BCUT2D eigenvalue weighted by Gasteiger charge is -2.08. The van der Waals surface area contributed by atoms with E-state index in [2.05, 4.69) is 10.3 Å². The molecule has 0 saturated carbocycles. The lowest BCUT2D eigenvalue weighted by atomic mass is 10.1. The summed E-state index contributed by atoms with van der Waals surface area (Å²) >= 11 is 1.28. The molecule has 0 saturated heterocycles. The van der Waals surface area contributed by atoms with Gasteiger partial charge in [0, 0.05) is 10.9 Å². The number of anilines is 1. The molecule has 8 heteroatoms. The van der Waals surface area contributed by atoms with E-state index in [0.717, 1.165) is 28.1 Å². The predicted molar refractivity (Wildman–Crippen MR) is 131 cm³/mol. The Balaban J connectivity index is 1.20. The number of nitrogens with zero attached hydrogens (tertiary/aromatic N) is 1. The molecule has 1 aromatic heterocycles. The molecular weight excluding hydrogens is 452 g/mol. The van der Waals surface area contributed by atoms with Crippen LogP contribution in [0, 0.1) is 0 Å². The molecular formula is C26H22N2O5S. The zero-order chi connectivity index (χ0) is 23.8. The van der Waals surface area contributed by atoms with Crippen LogP contribution in [-0.2, 0) is 14.3 Å². The average Bonchev–Trinajstić information content (AvgIpc) is 3.35. The van der Waals surface area contributed by atoms with Gasteiger partial charge >= 0.3 is 5.97 Å². The molecule has 0 spiro atoms. The largest absolute Gasteiger partial charge is 0.497 e. The van der Waals surface area contributed by atoms with Gasteiger partial charge in [0.1, 0.15) is 11.5 Å². The molecule has 7 nitrogen and oxygen atoms in total. The third-order valence-electron chi connectivity index (χ3n) is 4.82. The van der Waals surface area contributed by atoms with Crippen molar-refractivity contribution in [2.45, 2.75) is 0 Å². The number of thiazole rings is 1. The number of rotatable bonds is 9. The van der Waals surface area contributed by atoms with Crippen LogP contribution in [0.3, 0.4) is 0 Å². The Morgan fingerprint density at radius 3 is 2.18 bits per heavy atom. The first-order valence-electron chi connectivity index (χ1n) is 10.4. The number of aromatic nitrogens is 1. The Morgan fingerprint density at radius 1 is 0.824 bits per heavy atom. The van der Waals surface area contributed by atoms with Crippen molar-refractivity contribution in [3.63, 3.8) is 0 Å². The summed E-state index contributed by atoms with van der Waals surface area (Å²) in [6.45, 7) is -0.719. The highest BCUT2D eigenvalue weighted by molar-refractivity contribution is 7.14. The SMILES string of the molecule is COc1ccc(-c2csc(NC(=O)COC(=O)COc3ccc(-c4ccccc4)cc3)n2)cc1. The standard InChI is InChI=1S/C26H22N2O5S/c1-31-21-11-9-20(10-12-21)23-17-34-26(27-23)28-24(29)15-33-25(30)16-32-22-13-7-19(8-14-22)18-5-3-2-4-6-18/h2-14,17H,15-16H2,1H3,(H,27,28,29). The molecule has 0 aliphatic heterocycles. The van der Waals surface area contributed by atoms with Crippen LogP contribution < -0.4 is 14.8 Å². The number of esters is 1. The predicted octanol–water partition coefficient (Wildman–Crippen LogP) is 5.05. The smallest absolute Gasteiger partial charge is 0.344 e. The summed E-state index contributed by atoms with van der Waals surface area (Å²) in [6, 6.07) is 24.8. The summed E-state index contributed by atoms with van der Waals surface area (Å²) in [5, 5.41) is 4.88. The van der Waals surface area contributed by atoms with Crippen molar-refractivity contribution in [1.82, 2.24) is 4.98 Å².